The predicted molar refractivity (Wildman–Crippen MR) is 580 cm³/mol. The molecule has 15 heteroatoms. The molecule has 0 bridgehead atoms. The zero-order valence-electron chi connectivity index (χ0n) is 74.0. The van der Waals surface area contributed by atoms with Crippen LogP contribution in [-0.2, 0) is 6.54 Å². The fourth-order valence-corrected chi connectivity index (χ4v) is 27.4. The van der Waals surface area contributed by atoms with Crippen molar-refractivity contribution in [2.75, 3.05) is 0 Å². The summed E-state index contributed by atoms with van der Waals surface area (Å²) in [7, 11) is 0. The summed E-state index contributed by atoms with van der Waals surface area (Å²) in [5, 5.41) is 26.3. The van der Waals surface area contributed by atoms with Crippen molar-refractivity contribution in [2.45, 2.75) is 51.6 Å². The highest BCUT2D eigenvalue weighted by molar-refractivity contribution is 7.28. The standard InChI is InChI=1S/C44H31N3OS.C40H25N3OS.C38H21N3S2/c1-2-12-30(13-3-1)47-36-16-7-6-15-33(36)40-37(47)20-19-32-34-24-28(18-22-39(34)49-43(32)40)27-10-8-11-29(23-27)35-25-45-42-41-31-14-5-4-9-26(31)17-21-38(41)48-44(42)46-35;1-2-43-31-15-6-5-13-28(31)36-32(43)19-18-29-35-27(14-8-16-34(35)45-39(29)36)24-10-7-11-25(21-24)30-22-41-38-37-26-12-4-3-9-23(26)17-20-33(37)44-40(38)42-30;1-2-11-25-22(8-1)16-19-33-35(25)36-38(43-33)40-29(21-39-36)23-9-7-10-24(20-23)41-30-14-5-3-13-28(30)34-31(41)18-17-27-26-12-4-6-15-32(26)42-37(27)34/h4-11,14-25,30H,1-3,12-13H2;3-22H,2H2,1H3;1-21H. The minimum Gasteiger partial charge on any atom is -0.436 e. The summed E-state index contributed by atoms with van der Waals surface area (Å²) in [6.07, 6.45) is 12.2. The summed E-state index contributed by atoms with van der Waals surface area (Å²) in [5.74, 6) is 0. The van der Waals surface area contributed by atoms with E-state index in [-0.39, 0.29) is 0 Å². The van der Waals surface area contributed by atoms with Gasteiger partial charge >= 0.3 is 0 Å². The molecule has 12 heterocycles. The molecule has 1 saturated carbocycles. The largest absolute Gasteiger partial charge is 0.436 e. The van der Waals surface area contributed by atoms with Crippen molar-refractivity contribution in [2.24, 2.45) is 0 Å². The first-order valence-electron chi connectivity index (χ1n) is 47.0. The first-order chi connectivity index (χ1) is 67.9. The number of aryl methyl sites for hydroxylation is 1. The molecular weight excluding hydrogens is 1750 g/mol. The number of hydrogen-bond donors (Lipinski definition) is 0. The Hall–Kier alpha value is -16.1. The SMILES string of the molecule is CCn1c2ccccc2c2c3sc4cccc(-c5cccc(-c6cnc7c(n6)oc6ccc8ccccc8c67)c5)c4c3ccc21.c1cc(-c2ccc3sc4c(ccc5c4c4ccccc4n5C4CCCCC4)c3c2)cc(-c2cnc3c(n2)oc2ccc4ccccc4c23)c1.c1cc(-c2cnc3c(n2)sc2ccc4ccccc4c23)cc(-n2c3ccccc3c3c4sc5ccccc5c4ccc32)c1. The third kappa shape index (κ3) is 12.2. The highest BCUT2D eigenvalue weighted by Crippen LogP contribution is 2.51. The van der Waals surface area contributed by atoms with Crippen molar-refractivity contribution in [3.05, 3.63) is 370 Å². The fourth-order valence-electron chi connectivity index (χ4n) is 22.6. The first-order valence-corrected chi connectivity index (χ1v) is 50.2. The third-order valence-corrected chi connectivity index (χ3v) is 33.4. The predicted octanol–water partition coefficient (Wildman–Crippen LogP) is 35.3. The van der Waals surface area contributed by atoms with Gasteiger partial charge in [-0.3, -0.25) is 4.98 Å². The molecule has 11 nitrogen and oxygen atoms in total. The smallest absolute Gasteiger partial charge is 0.246 e. The zero-order valence-corrected chi connectivity index (χ0v) is 77.3. The van der Waals surface area contributed by atoms with E-state index >= 15 is 0 Å². The second-order valence-electron chi connectivity index (χ2n) is 36.2. The number of furan rings is 2. The maximum atomic E-state index is 6.24. The number of aromatic nitrogens is 9. The Kier molecular flexibility index (Phi) is 17.7. The van der Waals surface area contributed by atoms with Crippen LogP contribution in [0.15, 0.2) is 379 Å². The van der Waals surface area contributed by atoms with Gasteiger partial charge in [-0.25, -0.2) is 24.9 Å². The molecule has 12 aromatic heterocycles. The molecule has 137 heavy (non-hydrogen) atoms. The molecule has 0 aliphatic heterocycles. The fraction of sp³-hybridized carbons (Fsp3) is 0.0656. The summed E-state index contributed by atoms with van der Waals surface area (Å²) >= 11 is 7.43. The van der Waals surface area contributed by atoms with E-state index in [1.807, 2.05) is 64.7 Å². The second kappa shape index (κ2) is 31.0. The van der Waals surface area contributed by atoms with E-state index in [0.29, 0.717) is 17.5 Å². The molecule has 1 aliphatic rings. The summed E-state index contributed by atoms with van der Waals surface area (Å²) in [6, 6.07) is 127. The van der Waals surface area contributed by atoms with E-state index in [1.165, 1.54) is 201 Å². The molecule has 1 fully saturated rings. The van der Waals surface area contributed by atoms with E-state index in [0.717, 1.165) is 111 Å². The Morgan fingerprint density at radius 1 is 0.292 bits per heavy atom. The lowest BCUT2D eigenvalue weighted by atomic mass is 9.95. The molecule has 0 atom stereocenters. The lowest BCUT2D eigenvalue weighted by Crippen LogP contribution is -2.12. The van der Waals surface area contributed by atoms with Gasteiger partial charge in [-0.05, 0) is 177 Å². The van der Waals surface area contributed by atoms with Gasteiger partial charge in [0.2, 0.25) is 11.4 Å². The van der Waals surface area contributed by atoms with Crippen molar-refractivity contribution >= 4 is 268 Å². The van der Waals surface area contributed by atoms with Gasteiger partial charge in [-0.1, -0.05) is 268 Å². The molecular formula is C122H77N9O2S4. The van der Waals surface area contributed by atoms with Crippen molar-refractivity contribution in [1.82, 2.24) is 43.6 Å². The summed E-state index contributed by atoms with van der Waals surface area (Å²) < 4.78 is 29.2. The summed E-state index contributed by atoms with van der Waals surface area (Å²) in [6.45, 7) is 3.17. The second-order valence-corrected chi connectivity index (χ2v) is 40.4. The van der Waals surface area contributed by atoms with Crippen molar-refractivity contribution < 1.29 is 8.83 Å². The van der Waals surface area contributed by atoms with Crippen LogP contribution < -0.4 is 0 Å². The molecule has 0 radical (unpaired) electrons. The number of rotatable bonds is 8. The van der Waals surface area contributed by atoms with Gasteiger partial charge in [0.25, 0.3) is 0 Å². The van der Waals surface area contributed by atoms with Crippen LogP contribution in [0.25, 0.3) is 285 Å². The molecule has 1 aliphatic carbocycles. The van der Waals surface area contributed by atoms with Crippen molar-refractivity contribution in [3.8, 4) is 61.7 Å². The van der Waals surface area contributed by atoms with Gasteiger partial charge in [0.15, 0.2) is 0 Å². The maximum Gasteiger partial charge on any atom is 0.246 e. The van der Waals surface area contributed by atoms with Gasteiger partial charge in [0.1, 0.15) is 32.5 Å². The normalized spacial score (nSPS) is 13.0. The van der Waals surface area contributed by atoms with Crippen LogP contribution >= 0.6 is 45.3 Å². The summed E-state index contributed by atoms with van der Waals surface area (Å²) in [5.41, 5.74) is 24.5. The molecule has 0 unspecified atom stereocenters. The highest BCUT2D eigenvalue weighted by Gasteiger charge is 2.27. The molecule has 646 valence electrons. The molecule has 0 saturated heterocycles. The van der Waals surface area contributed by atoms with Crippen molar-refractivity contribution in [1.29, 1.82) is 0 Å². The number of nitrogens with zero attached hydrogens (tertiary/aromatic N) is 9. The van der Waals surface area contributed by atoms with Crippen molar-refractivity contribution in [3.63, 3.8) is 0 Å². The minimum absolute atomic E-state index is 0.561. The Morgan fingerprint density at radius 3 is 1.45 bits per heavy atom. The number of fused-ring (bicyclic) bond motifs is 36. The Balaban J connectivity index is 0.0000000996. The average Bonchev–Trinajstić information content (AvgIpc) is 1.57. The Bertz CT molecular complexity index is 10400. The van der Waals surface area contributed by atoms with E-state index in [1.54, 1.807) is 11.3 Å². The molecule has 0 N–H and O–H groups in total. The van der Waals surface area contributed by atoms with E-state index in [2.05, 4.69) is 360 Å². The van der Waals surface area contributed by atoms with Crippen LogP contribution in [0.3, 0.4) is 0 Å². The molecule has 0 spiro atoms. The Morgan fingerprint density at radius 2 is 0.759 bits per heavy atom. The minimum atomic E-state index is 0.561. The van der Waals surface area contributed by atoms with Crippen LogP contribution in [0.4, 0.5) is 0 Å². The monoisotopic (exact) mass is 1830 g/mol. The van der Waals surface area contributed by atoms with E-state index < -0.39 is 0 Å². The zero-order chi connectivity index (χ0) is 89.8. The highest BCUT2D eigenvalue weighted by atomic mass is 32.1. The molecule has 18 aromatic carbocycles. The van der Waals surface area contributed by atoms with Gasteiger partial charge in [-0.2, -0.15) is 0 Å². The maximum absolute atomic E-state index is 6.24. The van der Waals surface area contributed by atoms with Crippen LogP contribution in [-0.4, -0.2) is 43.6 Å². The topological polar surface area (TPSA) is 118 Å². The lowest BCUT2D eigenvalue weighted by Gasteiger charge is -2.25. The average molecular weight is 1830 g/mol. The Labute approximate surface area is 798 Å². The number of benzene rings is 18. The van der Waals surface area contributed by atoms with Gasteiger partial charge in [0, 0.05) is 149 Å². The number of thiophene rings is 4. The first kappa shape index (κ1) is 78.4. The van der Waals surface area contributed by atoms with E-state index in [4.69, 9.17) is 38.7 Å². The number of hydrogen-bond acceptors (Lipinski definition) is 12. The molecule has 31 rings (SSSR count). The van der Waals surface area contributed by atoms with Crippen LogP contribution in [0.2, 0.25) is 0 Å². The van der Waals surface area contributed by atoms with E-state index in [9.17, 15) is 0 Å². The van der Waals surface area contributed by atoms with Gasteiger partial charge < -0.3 is 22.5 Å². The van der Waals surface area contributed by atoms with Crippen LogP contribution in [0.5, 0.6) is 0 Å². The molecule has 0 amide bonds. The summed E-state index contributed by atoms with van der Waals surface area (Å²) in [4.78, 5) is 30.8. The van der Waals surface area contributed by atoms with Gasteiger partial charge in [-0.15, -0.1) is 45.3 Å². The third-order valence-electron chi connectivity index (χ3n) is 28.7. The van der Waals surface area contributed by atoms with Crippen LogP contribution in [0.1, 0.15) is 45.1 Å². The number of para-hydroxylation sites is 3. The molecule has 30 aromatic rings. The van der Waals surface area contributed by atoms with Crippen LogP contribution in [0, 0.1) is 0 Å². The lowest BCUT2D eigenvalue weighted by molar-refractivity contribution is 0.367. The van der Waals surface area contributed by atoms with Gasteiger partial charge in [0.05, 0.1) is 68.5 Å². The quantitative estimate of drug-likeness (QED) is 0.148.